The van der Waals surface area contributed by atoms with E-state index in [1.165, 1.54) is 22.7 Å². The molecule has 1 amide bonds. The van der Waals surface area contributed by atoms with Crippen LogP contribution in [0.15, 0.2) is 10.9 Å². The highest BCUT2D eigenvalue weighted by molar-refractivity contribution is 7.15. The normalized spacial score (nSPS) is 10.4. The third-order valence-corrected chi connectivity index (χ3v) is 3.63. The monoisotopic (exact) mass is 253 g/mol. The van der Waals surface area contributed by atoms with Crippen molar-refractivity contribution in [3.05, 3.63) is 27.2 Å². The number of nitrogens with one attached hydrogen (secondary N) is 1. The van der Waals surface area contributed by atoms with Crippen LogP contribution in [0.2, 0.25) is 0 Å². The number of nitrogens with zero attached hydrogens (tertiary/aromatic N) is 2. The standard InChI is InChI=1S/C10H11N3OS2/c1-3-7-6(2)16-10(12-7)13-9(14)8-4-15-5-11-8/h4-5H,3H2,1-2H3,(H,12,13,14). The molecule has 4 nitrogen and oxygen atoms in total. The van der Waals surface area contributed by atoms with Gasteiger partial charge >= 0.3 is 0 Å². The summed E-state index contributed by atoms with van der Waals surface area (Å²) in [6.07, 6.45) is 0.884. The van der Waals surface area contributed by atoms with Crippen molar-refractivity contribution in [1.29, 1.82) is 0 Å². The van der Waals surface area contributed by atoms with E-state index in [1.807, 2.05) is 13.8 Å². The van der Waals surface area contributed by atoms with Gasteiger partial charge in [0, 0.05) is 10.3 Å². The molecular weight excluding hydrogens is 242 g/mol. The second-order valence-electron chi connectivity index (χ2n) is 3.20. The zero-order valence-corrected chi connectivity index (χ0v) is 10.6. The zero-order valence-electron chi connectivity index (χ0n) is 8.98. The fourth-order valence-electron chi connectivity index (χ4n) is 1.30. The van der Waals surface area contributed by atoms with E-state index >= 15 is 0 Å². The molecule has 2 aromatic rings. The Morgan fingerprint density at radius 3 is 2.94 bits per heavy atom. The topological polar surface area (TPSA) is 54.9 Å². The Hall–Kier alpha value is -1.27. The highest BCUT2D eigenvalue weighted by Crippen LogP contribution is 2.22. The van der Waals surface area contributed by atoms with Gasteiger partial charge in [-0.1, -0.05) is 6.92 Å². The number of carbonyl (C=O) groups excluding carboxylic acids is 1. The minimum Gasteiger partial charge on any atom is -0.296 e. The first kappa shape index (κ1) is 11.2. The molecule has 0 saturated carbocycles. The van der Waals surface area contributed by atoms with Crippen LogP contribution in [0.25, 0.3) is 0 Å². The fraction of sp³-hybridized carbons (Fsp3) is 0.300. The number of carbonyl (C=O) groups is 1. The molecule has 0 fully saturated rings. The average molecular weight is 253 g/mol. The number of rotatable bonds is 3. The molecule has 0 spiro atoms. The Kier molecular flexibility index (Phi) is 3.31. The number of thiazole rings is 2. The van der Waals surface area contributed by atoms with Crippen molar-refractivity contribution in [2.75, 3.05) is 5.32 Å². The van der Waals surface area contributed by atoms with Crippen LogP contribution in [0.3, 0.4) is 0 Å². The summed E-state index contributed by atoms with van der Waals surface area (Å²) < 4.78 is 0. The molecule has 0 bridgehead atoms. The van der Waals surface area contributed by atoms with Crippen LogP contribution in [0.5, 0.6) is 0 Å². The number of anilines is 1. The second kappa shape index (κ2) is 4.71. The van der Waals surface area contributed by atoms with E-state index in [9.17, 15) is 4.79 Å². The van der Waals surface area contributed by atoms with Gasteiger partial charge in [0.1, 0.15) is 5.69 Å². The molecule has 0 aliphatic carbocycles. The van der Waals surface area contributed by atoms with E-state index in [0.717, 1.165) is 17.0 Å². The van der Waals surface area contributed by atoms with Crippen LogP contribution >= 0.6 is 22.7 Å². The highest BCUT2D eigenvalue weighted by atomic mass is 32.1. The van der Waals surface area contributed by atoms with Gasteiger partial charge in [0.05, 0.1) is 11.2 Å². The molecule has 0 atom stereocenters. The maximum atomic E-state index is 11.7. The Labute approximate surface area is 101 Å². The Balaban J connectivity index is 2.12. The van der Waals surface area contributed by atoms with Crippen LogP contribution in [0.4, 0.5) is 5.13 Å². The zero-order chi connectivity index (χ0) is 11.5. The second-order valence-corrected chi connectivity index (χ2v) is 5.13. The summed E-state index contributed by atoms with van der Waals surface area (Å²) in [6.45, 7) is 4.06. The lowest BCUT2D eigenvalue weighted by atomic mass is 10.3. The van der Waals surface area contributed by atoms with E-state index in [1.54, 1.807) is 10.9 Å². The largest absolute Gasteiger partial charge is 0.296 e. The Morgan fingerprint density at radius 2 is 2.38 bits per heavy atom. The Morgan fingerprint density at radius 1 is 1.56 bits per heavy atom. The minimum atomic E-state index is -0.197. The van der Waals surface area contributed by atoms with E-state index < -0.39 is 0 Å². The highest BCUT2D eigenvalue weighted by Gasteiger charge is 2.11. The number of amides is 1. The van der Waals surface area contributed by atoms with Gasteiger partial charge < -0.3 is 0 Å². The molecule has 0 saturated heterocycles. The Bertz CT molecular complexity index is 490. The molecule has 0 aliphatic heterocycles. The predicted molar refractivity (Wildman–Crippen MR) is 66.3 cm³/mol. The summed E-state index contributed by atoms with van der Waals surface area (Å²) in [6, 6.07) is 0. The van der Waals surface area contributed by atoms with Gasteiger partial charge in [0.15, 0.2) is 5.13 Å². The number of hydrogen-bond donors (Lipinski definition) is 1. The first-order valence-corrected chi connectivity index (χ1v) is 6.62. The lowest BCUT2D eigenvalue weighted by molar-refractivity contribution is 0.102. The molecule has 2 aromatic heterocycles. The third-order valence-electron chi connectivity index (χ3n) is 2.11. The van der Waals surface area contributed by atoms with Gasteiger partial charge in [-0.15, -0.1) is 22.7 Å². The van der Waals surface area contributed by atoms with Gasteiger partial charge in [0.2, 0.25) is 0 Å². The van der Waals surface area contributed by atoms with Crippen molar-refractivity contribution in [2.24, 2.45) is 0 Å². The molecule has 2 rings (SSSR count). The van der Waals surface area contributed by atoms with Crippen molar-refractivity contribution in [1.82, 2.24) is 9.97 Å². The van der Waals surface area contributed by atoms with Crippen molar-refractivity contribution >= 4 is 33.7 Å². The molecule has 0 unspecified atom stereocenters. The van der Waals surface area contributed by atoms with Gasteiger partial charge in [-0.05, 0) is 13.3 Å². The molecule has 84 valence electrons. The number of hydrogen-bond acceptors (Lipinski definition) is 5. The maximum absolute atomic E-state index is 11.7. The van der Waals surface area contributed by atoms with Crippen molar-refractivity contribution < 1.29 is 4.79 Å². The SMILES string of the molecule is CCc1nc(NC(=O)c2cscn2)sc1C. The lowest BCUT2D eigenvalue weighted by Crippen LogP contribution is -2.11. The summed E-state index contributed by atoms with van der Waals surface area (Å²) in [5, 5.41) is 5.12. The first-order chi connectivity index (χ1) is 7.70. The summed E-state index contributed by atoms with van der Waals surface area (Å²) in [7, 11) is 0. The van der Waals surface area contributed by atoms with Crippen LogP contribution in [-0.2, 0) is 6.42 Å². The van der Waals surface area contributed by atoms with E-state index in [-0.39, 0.29) is 5.91 Å². The van der Waals surface area contributed by atoms with Crippen molar-refractivity contribution in [2.45, 2.75) is 20.3 Å². The smallest absolute Gasteiger partial charge is 0.276 e. The van der Waals surface area contributed by atoms with Gasteiger partial charge in [0.25, 0.3) is 5.91 Å². The van der Waals surface area contributed by atoms with Gasteiger partial charge in [-0.25, -0.2) is 9.97 Å². The van der Waals surface area contributed by atoms with Gasteiger partial charge in [-0.3, -0.25) is 10.1 Å². The molecule has 0 aromatic carbocycles. The quantitative estimate of drug-likeness (QED) is 0.915. The summed E-state index contributed by atoms with van der Waals surface area (Å²) in [5.41, 5.74) is 3.12. The molecular formula is C10H11N3OS2. The number of aromatic nitrogens is 2. The van der Waals surface area contributed by atoms with E-state index in [2.05, 4.69) is 15.3 Å². The average Bonchev–Trinajstić information content (AvgIpc) is 2.87. The first-order valence-electron chi connectivity index (χ1n) is 4.86. The maximum Gasteiger partial charge on any atom is 0.276 e. The van der Waals surface area contributed by atoms with Crippen molar-refractivity contribution in [3.63, 3.8) is 0 Å². The van der Waals surface area contributed by atoms with Crippen LogP contribution in [0, 0.1) is 6.92 Å². The molecule has 6 heteroatoms. The summed E-state index contributed by atoms with van der Waals surface area (Å²) >= 11 is 2.90. The lowest BCUT2D eigenvalue weighted by Gasteiger charge is -1.96. The predicted octanol–water partition coefficient (Wildman–Crippen LogP) is 2.72. The number of aryl methyl sites for hydroxylation is 2. The molecule has 2 heterocycles. The molecule has 0 radical (unpaired) electrons. The molecule has 0 aliphatic rings. The molecule has 16 heavy (non-hydrogen) atoms. The van der Waals surface area contributed by atoms with Crippen LogP contribution in [0.1, 0.15) is 28.0 Å². The van der Waals surface area contributed by atoms with E-state index in [4.69, 9.17) is 0 Å². The fourth-order valence-corrected chi connectivity index (χ4v) is 2.72. The minimum absolute atomic E-state index is 0.197. The van der Waals surface area contributed by atoms with Gasteiger partial charge in [-0.2, -0.15) is 0 Å². The third kappa shape index (κ3) is 2.28. The van der Waals surface area contributed by atoms with Crippen LogP contribution in [-0.4, -0.2) is 15.9 Å². The summed E-state index contributed by atoms with van der Waals surface area (Å²) in [4.78, 5) is 21.1. The summed E-state index contributed by atoms with van der Waals surface area (Å²) in [5.74, 6) is -0.197. The van der Waals surface area contributed by atoms with Crippen molar-refractivity contribution in [3.8, 4) is 0 Å². The van der Waals surface area contributed by atoms with E-state index in [0.29, 0.717) is 10.8 Å². The molecule has 1 N–H and O–H groups in total. The van der Waals surface area contributed by atoms with Crippen LogP contribution < -0.4 is 5.32 Å².